The first-order valence-corrected chi connectivity index (χ1v) is 8.65. The molecule has 0 bridgehead atoms. The molecule has 0 aliphatic carbocycles. The molecule has 0 saturated heterocycles. The number of hydrogen-bond donors (Lipinski definition) is 1. The molecule has 1 unspecified atom stereocenters. The SMILES string of the molecule is CCCn1ccnc1CC(CSc1ccccc1Cl)NC. The zero-order valence-corrected chi connectivity index (χ0v) is 14.1. The lowest BCUT2D eigenvalue weighted by Crippen LogP contribution is -2.31. The van der Waals surface area contributed by atoms with Crippen LogP contribution < -0.4 is 5.32 Å². The summed E-state index contributed by atoms with van der Waals surface area (Å²) in [5.74, 6) is 2.12. The van der Waals surface area contributed by atoms with E-state index in [-0.39, 0.29) is 0 Å². The zero-order chi connectivity index (χ0) is 15.1. The van der Waals surface area contributed by atoms with E-state index in [0.29, 0.717) is 6.04 Å². The highest BCUT2D eigenvalue weighted by molar-refractivity contribution is 7.99. The third-order valence-corrected chi connectivity index (χ3v) is 5.06. The van der Waals surface area contributed by atoms with Crippen molar-refractivity contribution in [2.45, 2.75) is 37.2 Å². The Balaban J connectivity index is 1.94. The molecule has 0 saturated carbocycles. The van der Waals surface area contributed by atoms with Crippen LogP contribution in [0.15, 0.2) is 41.6 Å². The van der Waals surface area contributed by atoms with E-state index in [1.54, 1.807) is 11.8 Å². The van der Waals surface area contributed by atoms with Crippen molar-refractivity contribution in [3.05, 3.63) is 47.5 Å². The summed E-state index contributed by atoms with van der Waals surface area (Å²) in [5.41, 5.74) is 0. The lowest BCUT2D eigenvalue weighted by Gasteiger charge is -2.16. The summed E-state index contributed by atoms with van der Waals surface area (Å²) in [4.78, 5) is 5.62. The number of nitrogens with one attached hydrogen (secondary N) is 1. The van der Waals surface area contributed by atoms with Gasteiger partial charge in [-0.1, -0.05) is 30.7 Å². The van der Waals surface area contributed by atoms with Crippen molar-refractivity contribution in [3.8, 4) is 0 Å². The summed E-state index contributed by atoms with van der Waals surface area (Å²) in [7, 11) is 2.00. The molecule has 3 nitrogen and oxygen atoms in total. The van der Waals surface area contributed by atoms with E-state index in [1.807, 2.05) is 31.4 Å². The van der Waals surface area contributed by atoms with Gasteiger partial charge < -0.3 is 9.88 Å². The van der Waals surface area contributed by atoms with Crippen LogP contribution in [0, 0.1) is 0 Å². The summed E-state index contributed by atoms with van der Waals surface area (Å²) in [6.45, 7) is 3.22. The third kappa shape index (κ3) is 4.77. The molecule has 1 N–H and O–H groups in total. The number of benzene rings is 1. The summed E-state index contributed by atoms with van der Waals surface area (Å²) in [5, 5.41) is 4.21. The quantitative estimate of drug-likeness (QED) is 0.748. The summed E-state index contributed by atoms with van der Waals surface area (Å²) < 4.78 is 2.24. The van der Waals surface area contributed by atoms with E-state index in [1.165, 1.54) is 0 Å². The zero-order valence-electron chi connectivity index (χ0n) is 12.6. The molecule has 2 rings (SSSR count). The van der Waals surface area contributed by atoms with Crippen molar-refractivity contribution in [2.75, 3.05) is 12.8 Å². The van der Waals surface area contributed by atoms with E-state index >= 15 is 0 Å². The summed E-state index contributed by atoms with van der Waals surface area (Å²) in [6.07, 6.45) is 6.01. The highest BCUT2D eigenvalue weighted by atomic mass is 35.5. The molecular formula is C16H22ClN3S. The van der Waals surface area contributed by atoms with Gasteiger partial charge in [0.05, 0.1) is 5.02 Å². The van der Waals surface area contributed by atoms with Crippen LogP contribution in [-0.4, -0.2) is 28.4 Å². The molecule has 1 heterocycles. The molecular weight excluding hydrogens is 302 g/mol. The number of likely N-dealkylation sites (N-methyl/N-ethyl adjacent to an activating group) is 1. The predicted molar refractivity (Wildman–Crippen MR) is 91.2 cm³/mol. The van der Waals surface area contributed by atoms with Crippen LogP contribution in [0.2, 0.25) is 5.02 Å². The maximum Gasteiger partial charge on any atom is 0.110 e. The van der Waals surface area contributed by atoms with Crippen molar-refractivity contribution in [3.63, 3.8) is 0 Å². The second kappa shape index (κ2) is 8.47. The first-order valence-electron chi connectivity index (χ1n) is 7.29. The Bertz CT molecular complexity index is 556. The monoisotopic (exact) mass is 323 g/mol. The maximum absolute atomic E-state index is 6.20. The van der Waals surface area contributed by atoms with Crippen LogP contribution in [-0.2, 0) is 13.0 Å². The average molecular weight is 324 g/mol. The number of imidazole rings is 1. The molecule has 0 aliphatic heterocycles. The molecule has 114 valence electrons. The van der Waals surface area contributed by atoms with Gasteiger partial charge in [-0.05, 0) is 25.6 Å². The fourth-order valence-corrected chi connectivity index (χ4v) is 3.54. The molecule has 0 aliphatic rings. The Morgan fingerprint density at radius 1 is 1.38 bits per heavy atom. The molecule has 0 spiro atoms. The van der Waals surface area contributed by atoms with Gasteiger partial charge in [-0.15, -0.1) is 11.8 Å². The Morgan fingerprint density at radius 2 is 2.19 bits per heavy atom. The third-order valence-electron chi connectivity index (χ3n) is 3.38. The summed E-state index contributed by atoms with van der Waals surface area (Å²) >= 11 is 7.99. The van der Waals surface area contributed by atoms with E-state index in [4.69, 9.17) is 11.6 Å². The molecule has 5 heteroatoms. The minimum atomic E-state index is 0.379. The highest BCUT2D eigenvalue weighted by Crippen LogP contribution is 2.27. The van der Waals surface area contributed by atoms with Gasteiger partial charge in [0.15, 0.2) is 0 Å². The molecule has 21 heavy (non-hydrogen) atoms. The van der Waals surface area contributed by atoms with Crippen molar-refractivity contribution in [1.82, 2.24) is 14.9 Å². The van der Waals surface area contributed by atoms with Gasteiger partial charge in [0.1, 0.15) is 5.82 Å². The van der Waals surface area contributed by atoms with Crippen molar-refractivity contribution < 1.29 is 0 Å². The second-order valence-electron chi connectivity index (χ2n) is 4.97. The van der Waals surface area contributed by atoms with Crippen molar-refractivity contribution in [2.24, 2.45) is 0 Å². The van der Waals surface area contributed by atoms with E-state index < -0.39 is 0 Å². The number of hydrogen-bond acceptors (Lipinski definition) is 3. The molecule has 0 fully saturated rings. The Kier molecular flexibility index (Phi) is 6.61. The predicted octanol–water partition coefficient (Wildman–Crippen LogP) is 3.87. The number of nitrogens with zero attached hydrogens (tertiary/aromatic N) is 2. The number of thioether (sulfide) groups is 1. The molecule has 2 aromatic rings. The summed E-state index contributed by atoms with van der Waals surface area (Å²) in [6, 6.07) is 8.37. The first-order chi connectivity index (χ1) is 10.2. The largest absolute Gasteiger partial charge is 0.335 e. The van der Waals surface area contributed by atoms with E-state index in [2.05, 4.69) is 34.1 Å². The molecule has 1 aromatic heterocycles. The average Bonchev–Trinajstić information content (AvgIpc) is 2.92. The van der Waals surface area contributed by atoms with Crippen molar-refractivity contribution >= 4 is 23.4 Å². The van der Waals surface area contributed by atoms with Crippen LogP contribution >= 0.6 is 23.4 Å². The fourth-order valence-electron chi connectivity index (χ4n) is 2.19. The van der Waals surface area contributed by atoms with Crippen LogP contribution in [0.4, 0.5) is 0 Å². The minimum absolute atomic E-state index is 0.379. The second-order valence-corrected chi connectivity index (χ2v) is 6.44. The Morgan fingerprint density at radius 3 is 2.90 bits per heavy atom. The van der Waals surface area contributed by atoms with Gasteiger partial charge >= 0.3 is 0 Å². The van der Waals surface area contributed by atoms with Gasteiger partial charge in [0.25, 0.3) is 0 Å². The molecule has 0 amide bonds. The lowest BCUT2D eigenvalue weighted by atomic mass is 10.2. The van der Waals surface area contributed by atoms with E-state index in [9.17, 15) is 0 Å². The topological polar surface area (TPSA) is 29.9 Å². The minimum Gasteiger partial charge on any atom is -0.335 e. The Labute approximate surface area is 136 Å². The maximum atomic E-state index is 6.20. The number of aromatic nitrogens is 2. The van der Waals surface area contributed by atoms with Gasteiger partial charge in [-0.2, -0.15) is 0 Å². The standard InChI is InChI=1S/C16H22ClN3S/c1-3-9-20-10-8-19-16(20)11-13(18-2)12-21-15-7-5-4-6-14(15)17/h4-8,10,13,18H,3,9,11-12H2,1-2H3. The van der Waals surface area contributed by atoms with Gasteiger partial charge in [0.2, 0.25) is 0 Å². The van der Waals surface area contributed by atoms with Crippen LogP contribution in [0.3, 0.4) is 0 Å². The van der Waals surface area contributed by atoms with Crippen LogP contribution in [0.5, 0.6) is 0 Å². The van der Waals surface area contributed by atoms with Gasteiger partial charge in [-0.3, -0.25) is 0 Å². The molecule has 1 aromatic carbocycles. The molecule has 0 radical (unpaired) electrons. The lowest BCUT2D eigenvalue weighted by molar-refractivity contribution is 0.560. The smallest absolute Gasteiger partial charge is 0.110 e. The van der Waals surface area contributed by atoms with E-state index in [0.717, 1.165) is 40.9 Å². The highest BCUT2D eigenvalue weighted by Gasteiger charge is 2.12. The Hall–Kier alpha value is -0.970. The number of rotatable bonds is 8. The fraction of sp³-hybridized carbons (Fsp3) is 0.438. The normalized spacial score (nSPS) is 12.5. The van der Waals surface area contributed by atoms with Crippen LogP contribution in [0.25, 0.3) is 0 Å². The van der Waals surface area contributed by atoms with Crippen molar-refractivity contribution in [1.29, 1.82) is 0 Å². The number of halogens is 1. The van der Waals surface area contributed by atoms with Gasteiger partial charge in [-0.25, -0.2) is 4.98 Å². The van der Waals surface area contributed by atoms with Gasteiger partial charge in [0, 0.05) is 42.0 Å². The molecule has 1 atom stereocenters. The van der Waals surface area contributed by atoms with Crippen LogP contribution in [0.1, 0.15) is 19.2 Å². The first kappa shape index (κ1) is 16.4. The number of aryl methyl sites for hydroxylation is 1.